The second kappa shape index (κ2) is 5.89. The van der Waals surface area contributed by atoms with E-state index in [2.05, 4.69) is 21.2 Å². The molecule has 1 fully saturated rings. The molecule has 1 saturated carbocycles. The fraction of sp³-hybridized carbons (Fsp3) is 0.278. The molecular weight excluding hydrogens is 358 g/mol. The molecule has 0 bridgehead atoms. The summed E-state index contributed by atoms with van der Waals surface area (Å²) >= 11 is 3.39. The summed E-state index contributed by atoms with van der Waals surface area (Å²) in [6.07, 6.45) is 0.877. The van der Waals surface area contributed by atoms with Crippen LogP contribution in [0.5, 0.6) is 11.5 Å². The van der Waals surface area contributed by atoms with Crippen LogP contribution in [0.3, 0.4) is 0 Å². The molecule has 1 amide bonds. The number of benzene rings is 2. The number of ether oxygens (including phenoxy) is 2. The molecule has 1 aliphatic heterocycles. The van der Waals surface area contributed by atoms with Crippen LogP contribution in [0.2, 0.25) is 0 Å². The van der Waals surface area contributed by atoms with Gasteiger partial charge in [-0.2, -0.15) is 0 Å². The molecule has 4 nitrogen and oxygen atoms in total. The molecule has 4 rings (SSSR count). The Labute approximate surface area is 142 Å². The third kappa shape index (κ3) is 3.06. The summed E-state index contributed by atoms with van der Waals surface area (Å²) in [5.74, 6) is 1.94. The lowest BCUT2D eigenvalue weighted by Crippen LogP contribution is -2.16. The van der Waals surface area contributed by atoms with E-state index in [0.29, 0.717) is 13.2 Å². The van der Waals surface area contributed by atoms with Gasteiger partial charge >= 0.3 is 0 Å². The number of amides is 1. The topological polar surface area (TPSA) is 47.6 Å². The van der Waals surface area contributed by atoms with Crippen molar-refractivity contribution in [3.63, 3.8) is 0 Å². The SMILES string of the molecule is O=C(Nc1ccc(Br)cc1)[C@@H]1C[C@H]1c1ccc2c(c1)OCCO2. The first kappa shape index (κ1) is 14.6. The molecule has 2 aliphatic rings. The zero-order valence-corrected chi connectivity index (χ0v) is 14.0. The van der Waals surface area contributed by atoms with E-state index in [1.807, 2.05) is 42.5 Å². The first-order valence-corrected chi connectivity index (χ1v) is 8.46. The minimum absolute atomic E-state index is 0.0289. The summed E-state index contributed by atoms with van der Waals surface area (Å²) in [6, 6.07) is 13.6. The molecule has 5 heteroatoms. The zero-order valence-electron chi connectivity index (χ0n) is 12.4. The zero-order chi connectivity index (χ0) is 15.8. The molecule has 0 radical (unpaired) electrons. The molecular formula is C18H16BrNO3. The number of hydrogen-bond acceptors (Lipinski definition) is 3. The normalized spacial score (nSPS) is 21.6. The molecule has 2 aromatic rings. The second-order valence-electron chi connectivity index (χ2n) is 5.85. The highest BCUT2D eigenvalue weighted by Crippen LogP contribution is 2.49. The summed E-state index contributed by atoms with van der Waals surface area (Å²) in [6.45, 7) is 1.17. The average molecular weight is 374 g/mol. The Bertz CT molecular complexity index is 744. The standard InChI is InChI=1S/C18H16BrNO3/c19-12-2-4-13(5-3-12)20-18(21)15-10-14(15)11-1-6-16-17(9-11)23-8-7-22-16/h1-6,9,14-15H,7-8,10H2,(H,20,21)/t14-,15+/m0/s1. The van der Waals surface area contributed by atoms with Gasteiger partial charge in [0.25, 0.3) is 0 Å². The van der Waals surface area contributed by atoms with Crippen molar-refractivity contribution in [1.29, 1.82) is 0 Å². The highest BCUT2D eigenvalue weighted by Gasteiger charge is 2.44. The molecule has 118 valence electrons. The van der Waals surface area contributed by atoms with Gasteiger partial charge in [-0.25, -0.2) is 0 Å². The largest absolute Gasteiger partial charge is 0.486 e. The summed E-state index contributed by atoms with van der Waals surface area (Å²) in [5, 5.41) is 2.98. The van der Waals surface area contributed by atoms with Crippen LogP contribution < -0.4 is 14.8 Å². The van der Waals surface area contributed by atoms with Crippen LogP contribution in [0.4, 0.5) is 5.69 Å². The fourth-order valence-corrected chi connectivity index (χ4v) is 3.18. The summed E-state index contributed by atoms with van der Waals surface area (Å²) in [7, 11) is 0. The lowest BCUT2D eigenvalue weighted by atomic mass is 10.1. The molecule has 0 saturated heterocycles. The molecule has 23 heavy (non-hydrogen) atoms. The van der Waals surface area contributed by atoms with Gasteiger partial charge in [0.05, 0.1) is 0 Å². The van der Waals surface area contributed by atoms with E-state index in [4.69, 9.17) is 9.47 Å². The summed E-state index contributed by atoms with van der Waals surface area (Å²) < 4.78 is 12.1. The van der Waals surface area contributed by atoms with E-state index in [0.717, 1.165) is 33.6 Å². The molecule has 0 spiro atoms. The van der Waals surface area contributed by atoms with Gasteiger partial charge in [0.2, 0.25) is 5.91 Å². The smallest absolute Gasteiger partial charge is 0.228 e. The average Bonchev–Trinajstić information content (AvgIpc) is 3.37. The highest BCUT2D eigenvalue weighted by atomic mass is 79.9. The van der Waals surface area contributed by atoms with Crippen LogP contribution in [-0.2, 0) is 4.79 Å². The Morgan fingerprint density at radius 3 is 2.57 bits per heavy atom. The van der Waals surface area contributed by atoms with Crippen molar-refractivity contribution in [2.24, 2.45) is 5.92 Å². The van der Waals surface area contributed by atoms with E-state index in [-0.39, 0.29) is 17.7 Å². The van der Waals surface area contributed by atoms with Gasteiger partial charge in [-0.1, -0.05) is 22.0 Å². The first-order valence-electron chi connectivity index (χ1n) is 7.67. The van der Waals surface area contributed by atoms with E-state index in [1.54, 1.807) is 0 Å². The van der Waals surface area contributed by atoms with Gasteiger partial charge in [0.1, 0.15) is 13.2 Å². The fourth-order valence-electron chi connectivity index (χ4n) is 2.91. The van der Waals surface area contributed by atoms with Gasteiger partial charge in [-0.15, -0.1) is 0 Å². The number of nitrogens with one attached hydrogen (secondary N) is 1. The van der Waals surface area contributed by atoms with Crippen LogP contribution in [0, 0.1) is 5.92 Å². The van der Waals surface area contributed by atoms with Crippen LogP contribution >= 0.6 is 15.9 Å². The van der Waals surface area contributed by atoms with Crippen molar-refractivity contribution in [3.05, 3.63) is 52.5 Å². The molecule has 1 aliphatic carbocycles. The van der Waals surface area contributed by atoms with Crippen molar-refractivity contribution in [2.75, 3.05) is 18.5 Å². The molecule has 0 aromatic heterocycles. The number of halogens is 1. The minimum Gasteiger partial charge on any atom is -0.486 e. The molecule has 0 unspecified atom stereocenters. The lowest BCUT2D eigenvalue weighted by molar-refractivity contribution is -0.117. The van der Waals surface area contributed by atoms with Crippen LogP contribution in [-0.4, -0.2) is 19.1 Å². The maximum Gasteiger partial charge on any atom is 0.228 e. The van der Waals surface area contributed by atoms with E-state index in [9.17, 15) is 4.79 Å². The molecule has 1 heterocycles. The minimum atomic E-state index is 0.0289. The van der Waals surface area contributed by atoms with E-state index in [1.165, 1.54) is 0 Å². The van der Waals surface area contributed by atoms with Crippen molar-refractivity contribution < 1.29 is 14.3 Å². The Balaban J connectivity index is 1.43. The Morgan fingerprint density at radius 1 is 1.04 bits per heavy atom. The summed E-state index contributed by atoms with van der Waals surface area (Å²) in [4.78, 5) is 12.4. The highest BCUT2D eigenvalue weighted by molar-refractivity contribution is 9.10. The third-order valence-corrected chi connectivity index (χ3v) is 4.76. The van der Waals surface area contributed by atoms with Crippen LogP contribution in [0.15, 0.2) is 46.9 Å². The van der Waals surface area contributed by atoms with Crippen molar-refractivity contribution in [2.45, 2.75) is 12.3 Å². The Morgan fingerprint density at radius 2 is 1.78 bits per heavy atom. The van der Waals surface area contributed by atoms with E-state index < -0.39 is 0 Å². The van der Waals surface area contributed by atoms with Crippen molar-refractivity contribution >= 4 is 27.5 Å². The van der Waals surface area contributed by atoms with Gasteiger partial charge in [-0.3, -0.25) is 4.79 Å². The third-order valence-electron chi connectivity index (χ3n) is 4.23. The maximum absolute atomic E-state index is 12.4. The Kier molecular flexibility index (Phi) is 3.73. The second-order valence-corrected chi connectivity index (χ2v) is 6.76. The number of hydrogen-bond donors (Lipinski definition) is 1. The van der Waals surface area contributed by atoms with Gasteiger partial charge in [0, 0.05) is 16.1 Å². The van der Waals surface area contributed by atoms with Crippen molar-refractivity contribution in [1.82, 2.24) is 0 Å². The number of carbonyl (C=O) groups is 1. The quantitative estimate of drug-likeness (QED) is 0.885. The number of fused-ring (bicyclic) bond motifs is 1. The van der Waals surface area contributed by atoms with Crippen molar-refractivity contribution in [3.8, 4) is 11.5 Å². The number of anilines is 1. The van der Waals surface area contributed by atoms with Gasteiger partial charge < -0.3 is 14.8 Å². The van der Waals surface area contributed by atoms with E-state index >= 15 is 0 Å². The summed E-state index contributed by atoms with van der Waals surface area (Å²) in [5.41, 5.74) is 1.97. The lowest BCUT2D eigenvalue weighted by Gasteiger charge is -2.18. The number of carbonyl (C=O) groups excluding carboxylic acids is 1. The predicted octanol–water partition coefficient (Wildman–Crippen LogP) is 3.96. The van der Waals surface area contributed by atoms with Gasteiger partial charge in [0.15, 0.2) is 11.5 Å². The predicted molar refractivity (Wildman–Crippen MR) is 91.1 cm³/mol. The van der Waals surface area contributed by atoms with Crippen LogP contribution in [0.1, 0.15) is 17.9 Å². The molecule has 2 aromatic carbocycles. The number of rotatable bonds is 3. The Hall–Kier alpha value is -2.01. The maximum atomic E-state index is 12.4. The monoisotopic (exact) mass is 373 g/mol. The molecule has 2 atom stereocenters. The van der Waals surface area contributed by atoms with Gasteiger partial charge in [-0.05, 0) is 54.3 Å². The molecule has 1 N–H and O–H groups in total. The van der Waals surface area contributed by atoms with Crippen LogP contribution in [0.25, 0.3) is 0 Å². The first-order chi connectivity index (χ1) is 11.2.